The molecule has 116 valence electrons. The van der Waals surface area contributed by atoms with Crippen molar-refractivity contribution in [1.29, 1.82) is 0 Å². The topological polar surface area (TPSA) is 119 Å². The van der Waals surface area contributed by atoms with Gasteiger partial charge in [-0.2, -0.15) is 0 Å². The first-order valence-corrected chi connectivity index (χ1v) is 8.02. The number of carbonyl (C=O) groups is 1. The lowest BCUT2D eigenvalue weighted by atomic mass is 10.0. The average Bonchev–Trinajstić information content (AvgIpc) is 2.91. The second kappa shape index (κ2) is 6.00. The Morgan fingerprint density at radius 3 is 2.81 bits per heavy atom. The number of aromatic carboxylic acids is 1. The third-order valence-electron chi connectivity index (χ3n) is 3.54. The lowest BCUT2D eigenvalue weighted by Crippen LogP contribution is -2.38. The third kappa shape index (κ3) is 3.52. The van der Waals surface area contributed by atoms with Gasteiger partial charge in [0, 0.05) is 24.3 Å². The first kappa shape index (κ1) is 15.7. The summed E-state index contributed by atoms with van der Waals surface area (Å²) < 4.78 is 32.5. The molecule has 0 spiro atoms. The van der Waals surface area contributed by atoms with E-state index in [1.165, 1.54) is 12.1 Å². The predicted octanol–water partition coefficient (Wildman–Crippen LogP) is 0.670. The minimum absolute atomic E-state index is 0.0850. The van der Waals surface area contributed by atoms with Gasteiger partial charge in [0.05, 0.1) is 17.1 Å². The zero-order chi connectivity index (χ0) is 15.6. The third-order valence-corrected chi connectivity index (χ3v) is 5.15. The van der Waals surface area contributed by atoms with E-state index in [2.05, 4.69) is 4.72 Å². The standard InChI is InChI=1S/C13H18N2O5S/c1-8(9-4-5-20-7-9)15-21(18,19)12-3-2-10(14)6-11(12)13(16)17/h2-3,6,8-9,15H,4-5,7,14H2,1H3,(H,16,17). The van der Waals surface area contributed by atoms with Crippen LogP contribution < -0.4 is 10.5 Å². The zero-order valence-electron chi connectivity index (χ0n) is 11.6. The van der Waals surface area contributed by atoms with Crippen LogP contribution in [0.3, 0.4) is 0 Å². The lowest BCUT2D eigenvalue weighted by Gasteiger charge is -2.20. The van der Waals surface area contributed by atoms with Gasteiger partial charge in [0.15, 0.2) is 0 Å². The number of sulfonamides is 1. The molecule has 1 fully saturated rings. The molecule has 0 aromatic heterocycles. The number of carboxylic acids is 1. The van der Waals surface area contributed by atoms with Crippen LogP contribution in [0.2, 0.25) is 0 Å². The molecule has 1 aliphatic heterocycles. The quantitative estimate of drug-likeness (QED) is 0.687. The molecule has 7 nitrogen and oxygen atoms in total. The van der Waals surface area contributed by atoms with E-state index in [0.29, 0.717) is 13.2 Å². The van der Waals surface area contributed by atoms with Crippen LogP contribution in [-0.4, -0.2) is 38.7 Å². The van der Waals surface area contributed by atoms with E-state index in [1.807, 2.05) is 0 Å². The highest BCUT2D eigenvalue weighted by Gasteiger charge is 2.29. The summed E-state index contributed by atoms with van der Waals surface area (Å²) in [5.41, 5.74) is 5.38. The summed E-state index contributed by atoms with van der Waals surface area (Å²) in [7, 11) is -3.93. The molecule has 0 amide bonds. The number of nitrogens with one attached hydrogen (secondary N) is 1. The van der Waals surface area contributed by atoms with Crippen molar-refractivity contribution < 1.29 is 23.1 Å². The normalized spacial score (nSPS) is 20.3. The number of benzene rings is 1. The molecule has 21 heavy (non-hydrogen) atoms. The SMILES string of the molecule is CC(NS(=O)(=O)c1ccc(N)cc1C(=O)O)C1CCOC1. The number of hydrogen-bond donors (Lipinski definition) is 3. The van der Waals surface area contributed by atoms with E-state index < -0.39 is 16.0 Å². The second-order valence-electron chi connectivity index (χ2n) is 5.09. The van der Waals surface area contributed by atoms with Crippen molar-refractivity contribution in [2.75, 3.05) is 18.9 Å². The molecule has 1 aromatic carbocycles. The van der Waals surface area contributed by atoms with Crippen molar-refractivity contribution in [3.63, 3.8) is 0 Å². The van der Waals surface area contributed by atoms with Crippen LogP contribution in [0.15, 0.2) is 23.1 Å². The van der Waals surface area contributed by atoms with Crippen LogP contribution >= 0.6 is 0 Å². The molecular formula is C13H18N2O5S. The minimum Gasteiger partial charge on any atom is -0.478 e. The van der Waals surface area contributed by atoms with E-state index in [-0.39, 0.29) is 28.1 Å². The van der Waals surface area contributed by atoms with Crippen LogP contribution in [-0.2, 0) is 14.8 Å². The number of ether oxygens (including phenoxy) is 1. The Labute approximate surface area is 123 Å². The largest absolute Gasteiger partial charge is 0.478 e. The second-order valence-corrected chi connectivity index (χ2v) is 6.78. The number of hydrogen-bond acceptors (Lipinski definition) is 5. The molecule has 0 saturated carbocycles. The summed E-state index contributed by atoms with van der Waals surface area (Å²) in [6.45, 7) is 2.85. The smallest absolute Gasteiger partial charge is 0.337 e. The van der Waals surface area contributed by atoms with Crippen molar-refractivity contribution in [2.24, 2.45) is 5.92 Å². The maximum Gasteiger partial charge on any atom is 0.337 e. The molecule has 8 heteroatoms. The first-order valence-electron chi connectivity index (χ1n) is 6.54. The number of nitrogen functional groups attached to an aromatic ring is 1. The fourth-order valence-electron chi connectivity index (χ4n) is 2.30. The van der Waals surface area contributed by atoms with Crippen molar-refractivity contribution in [3.05, 3.63) is 23.8 Å². The molecule has 2 atom stereocenters. The summed E-state index contributed by atoms with van der Waals surface area (Å²) in [6.07, 6.45) is 0.775. The van der Waals surface area contributed by atoms with Gasteiger partial charge in [0.2, 0.25) is 10.0 Å². The highest BCUT2D eigenvalue weighted by Crippen LogP contribution is 2.22. The van der Waals surface area contributed by atoms with Crippen molar-refractivity contribution in [1.82, 2.24) is 4.72 Å². The van der Waals surface area contributed by atoms with E-state index >= 15 is 0 Å². The molecule has 0 bridgehead atoms. The molecule has 0 aliphatic carbocycles. The molecule has 2 unspecified atom stereocenters. The highest BCUT2D eigenvalue weighted by atomic mass is 32.2. The van der Waals surface area contributed by atoms with E-state index in [4.69, 9.17) is 15.6 Å². The summed E-state index contributed by atoms with van der Waals surface area (Å²) >= 11 is 0. The Morgan fingerprint density at radius 2 is 2.24 bits per heavy atom. The Bertz CT molecular complexity index is 638. The van der Waals surface area contributed by atoms with Gasteiger partial charge in [-0.25, -0.2) is 17.9 Å². The number of carboxylic acid groups (broad SMARTS) is 1. The maximum absolute atomic E-state index is 12.4. The molecule has 1 saturated heterocycles. The minimum atomic E-state index is -3.93. The van der Waals surface area contributed by atoms with Gasteiger partial charge in [-0.15, -0.1) is 0 Å². The van der Waals surface area contributed by atoms with Gasteiger partial charge >= 0.3 is 5.97 Å². The van der Waals surface area contributed by atoms with Crippen molar-refractivity contribution in [2.45, 2.75) is 24.3 Å². The number of rotatable bonds is 5. The van der Waals surface area contributed by atoms with Crippen molar-refractivity contribution >= 4 is 21.7 Å². The summed E-state index contributed by atoms with van der Waals surface area (Å²) in [5, 5.41) is 9.13. The lowest BCUT2D eigenvalue weighted by molar-refractivity contribution is 0.0692. The Kier molecular flexibility index (Phi) is 4.50. The van der Waals surface area contributed by atoms with Gasteiger partial charge in [0.25, 0.3) is 0 Å². The zero-order valence-corrected chi connectivity index (χ0v) is 12.4. The average molecular weight is 314 g/mol. The van der Waals surface area contributed by atoms with Crippen LogP contribution in [0.1, 0.15) is 23.7 Å². The van der Waals surface area contributed by atoms with Gasteiger partial charge in [-0.05, 0) is 31.5 Å². The van der Waals surface area contributed by atoms with Crippen LogP contribution in [0, 0.1) is 5.92 Å². The predicted molar refractivity (Wildman–Crippen MR) is 76.5 cm³/mol. The van der Waals surface area contributed by atoms with Crippen molar-refractivity contribution in [3.8, 4) is 0 Å². The first-order chi connectivity index (χ1) is 9.81. The molecule has 1 heterocycles. The molecule has 1 aliphatic rings. The van der Waals surface area contributed by atoms with Crippen LogP contribution in [0.4, 0.5) is 5.69 Å². The fourth-order valence-corrected chi connectivity index (χ4v) is 3.79. The van der Waals surface area contributed by atoms with Gasteiger partial charge in [-0.3, -0.25) is 0 Å². The Hall–Kier alpha value is -1.64. The van der Waals surface area contributed by atoms with Gasteiger partial charge < -0.3 is 15.6 Å². The van der Waals surface area contributed by atoms with Crippen LogP contribution in [0.25, 0.3) is 0 Å². The molecule has 0 radical (unpaired) electrons. The molecule has 1 aromatic rings. The Morgan fingerprint density at radius 1 is 1.52 bits per heavy atom. The molecule has 4 N–H and O–H groups in total. The number of anilines is 1. The molecule has 2 rings (SSSR count). The summed E-state index contributed by atoms with van der Waals surface area (Å²) in [6, 6.07) is 3.38. The summed E-state index contributed by atoms with van der Waals surface area (Å²) in [4.78, 5) is 10.9. The van der Waals surface area contributed by atoms with Gasteiger partial charge in [-0.1, -0.05) is 0 Å². The van der Waals surface area contributed by atoms with Crippen LogP contribution in [0.5, 0.6) is 0 Å². The fraction of sp³-hybridized carbons (Fsp3) is 0.462. The Balaban J connectivity index is 2.29. The van der Waals surface area contributed by atoms with E-state index in [1.54, 1.807) is 6.92 Å². The monoisotopic (exact) mass is 314 g/mol. The van der Waals surface area contributed by atoms with E-state index in [0.717, 1.165) is 12.5 Å². The number of nitrogens with two attached hydrogens (primary N) is 1. The molecular weight excluding hydrogens is 296 g/mol. The maximum atomic E-state index is 12.4. The highest BCUT2D eigenvalue weighted by molar-refractivity contribution is 7.89. The summed E-state index contributed by atoms with van der Waals surface area (Å²) in [5.74, 6) is -1.25. The van der Waals surface area contributed by atoms with Gasteiger partial charge in [0.1, 0.15) is 0 Å². The van der Waals surface area contributed by atoms with E-state index in [9.17, 15) is 13.2 Å².